The van der Waals surface area contributed by atoms with Gasteiger partial charge < -0.3 is 18.6 Å². The monoisotopic (exact) mass is 574 g/mol. The van der Waals surface area contributed by atoms with Crippen molar-refractivity contribution in [2.45, 2.75) is 39.7 Å². The summed E-state index contributed by atoms with van der Waals surface area (Å²) in [5.41, 5.74) is 9.29. The van der Waals surface area contributed by atoms with E-state index in [-0.39, 0.29) is 0 Å². The van der Waals surface area contributed by atoms with Crippen molar-refractivity contribution in [3.8, 4) is 0 Å². The molecule has 0 saturated heterocycles. The van der Waals surface area contributed by atoms with Crippen LogP contribution in [0.4, 0.5) is 0 Å². The Morgan fingerprint density at radius 3 is 1.80 bits per heavy atom. The molecular weight excluding hydrogens is 540 g/mol. The molecule has 2 aliphatic rings. The lowest BCUT2D eigenvalue weighted by molar-refractivity contribution is 0.0573. The third-order valence-electron chi connectivity index (χ3n) is 9.47. The molecule has 0 saturated carbocycles. The maximum Gasteiger partial charge on any atom is 0.174 e. The van der Waals surface area contributed by atoms with E-state index in [0.29, 0.717) is 0 Å². The second-order valence-corrected chi connectivity index (χ2v) is 11.8. The first-order valence-electron chi connectivity index (χ1n) is 15.3. The summed E-state index contributed by atoms with van der Waals surface area (Å²) in [6.45, 7) is 8.84. The Morgan fingerprint density at radius 1 is 0.636 bits per heavy atom. The quantitative estimate of drug-likeness (QED) is 0.210. The fourth-order valence-electron chi connectivity index (χ4n) is 7.25. The molecule has 6 aromatic rings. The summed E-state index contributed by atoms with van der Waals surface area (Å²) in [6.07, 6.45) is 5.01. The van der Waals surface area contributed by atoms with E-state index in [9.17, 15) is 0 Å². The highest BCUT2D eigenvalue weighted by molar-refractivity contribution is 5.97. The summed E-state index contributed by atoms with van der Waals surface area (Å²) in [7, 11) is 0. The number of aryl methyl sites for hydroxylation is 2. The number of aromatic nitrogens is 2. The molecule has 4 heteroatoms. The molecule has 0 spiro atoms. The topological polar surface area (TPSA) is 28.3 Å². The lowest BCUT2D eigenvalue weighted by Crippen LogP contribution is -2.36. The van der Waals surface area contributed by atoms with Crippen LogP contribution in [0.25, 0.3) is 51.5 Å². The van der Waals surface area contributed by atoms with Crippen LogP contribution in [-0.4, -0.2) is 9.13 Å². The molecule has 2 aromatic heterocycles. The van der Waals surface area contributed by atoms with Gasteiger partial charge in [0.1, 0.15) is 5.76 Å². The average Bonchev–Trinajstić information content (AvgIpc) is 3.55. The van der Waals surface area contributed by atoms with Crippen LogP contribution in [0.1, 0.15) is 53.9 Å². The number of hydrogen-bond acceptors (Lipinski definition) is 2. The van der Waals surface area contributed by atoms with Gasteiger partial charge in [-0.3, -0.25) is 0 Å². The van der Waals surface area contributed by atoms with Crippen LogP contribution in [0.3, 0.4) is 0 Å². The number of benzene rings is 4. The zero-order valence-electron chi connectivity index (χ0n) is 25.5. The highest BCUT2D eigenvalue weighted by atomic mass is 16.5. The van der Waals surface area contributed by atoms with Gasteiger partial charge in [0, 0.05) is 27.5 Å². The van der Waals surface area contributed by atoms with Crippen LogP contribution in [0.15, 0.2) is 115 Å². The summed E-state index contributed by atoms with van der Waals surface area (Å²) in [6, 6.07) is 38.0. The average molecular weight is 575 g/mol. The Hall–Kier alpha value is -5.22. The van der Waals surface area contributed by atoms with Gasteiger partial charge in [-0.05, 0) is 50.5 Å². The molecule has 0 fully saturated rings. The molecule has 0 radical (unpaired) electrons. The van der Waals surface area contributed by atoms with Crippen molar-refractivity contribution >= 4 is 51.5 Å². The van der Waals surface area contributed by atoms with E-state index in [4.69, 9.17) is 9.47 Å². The SMILES string of the molecule is CCC1(/C(C)=C2\OC(c3ccccc3)=Cn3c2c(C)c2ccccc23)OC(c2ccccc2)=Cn2c1c(C)c1ccccc12. The van der Waals surface area contributed by atoms with Gasteiger partial charge in [0.15, 0.2) is 17.1 Å². The Kier molecular flexibility index (Phi) is 5.95. The number of rotatable bonds is 4. The van der Waals surface area contributed by atoms with Crippen molar-refractivity contribution in [3.63, 3.8) is 0 Å². The summed E-state index contributed by atoms with van der Waals surface area (Å²) < 4.78 is 19.0. The summed E-state index contributed by atoms with van der Waals surface area (Å²) in [5, 5.41) is 2.44. The van der Waals surface area contributed by atoms with Crippen LogP contribution >= 0.6 is 0 Å². The minimum absolute atomic E-state index is 0.719. The number of para-hydroxylation sites is 2. The molecule has 1 unspecified atom stereocenters. The highest BCUT2D eigenvalue weighted by Gasteiger charge is 2.46. The van der Waals surface area contributed by atoms with Gasteiger partial charge in [0.05, 0.1) is 34.8 Å². The van der Waals surface area contributed by atoms with Gasteiger partial charge in [-0.25, -0.2) is 0 Å². The zero-order chi connectivity index (χ0) is 30.0. The van der Waals surface area contributed by atoms with Crippen molar-refractivity contribution in [2.24, 2.45) is 0 Å². The van der Waals surface area contributed by atoms with Gasteiger partial charge >= 0.3 is 0 Å². The van der Waals surface area contributed by atoms with Gasteiger partial charge in [-0.1, -0.05) is 104 Å². The molecule has 0 N–H and O–H groups in total. The molecule has 2 aliphatic heterocycles. The first-order chi connectivity index (χ1) is 21.5. The van der Waals surface area contributed by atoms with Crippen LogP contribution in [-0.2, 0) is 15.1 Å². The van der Waals surface area contributed by atoms with E-state index < -0.39 is 5.60 Å². The molecule has 216 valence electrons. The first-order valence-corrected chi connectivity index (χ1v) is 15.3. The molecule has 8 rings (SSSR count). The van der Waals surface area contributed by atoms with Crippen LogP contribution in [0.5, 0.6) is 0 Å². The van der Waals surface area contributed by atoms with E-state index in [0.717, 1.165) is 57.3 Å². The second kappa shape index (κ2) is 9.92. The largest absolute Gasteiger partial charge is 0.474 e. The standard InChI is InChI=1S/C40H34N2O2/c1-5-40(39-27(3)32-21-13-15-23-34(32)42(39)25-36(44-40)30-18-10-7-11-19-30)28(4)38-37-26(2)31-20-12-14-22-33(31)41(37)24-35(43-38)29-16-8-6-9-17-29/h6-25H,5H2,1-4H3/b38-28-. The lowest BCUT2D eigenvalue weighted by Gasteiger charge is -2.41. The normalized spacial score (nSPS) is 18.6. The van der Waals surface area contributed by atoms with Crippen molar-refractivity contribution in [2.75, 3.05) is 0 Å². The fraction of sp³-hybridized carbons (Fsp3) is 0.150. The second-order valence-electron chi connectivity index (χ2n) is 11.8. The van der Waals surface area contributed by atoms with E-state index in [1.807, 2.05) is 12.1 Å². The van der Waals surface area contributed by atoms with E-state index >= 15 is 0 Å². The summed E-state index contributed by atoms with van der Waals surface area (Å²) in [4.78, 5) is 0. The van der Waals surface area contributed by atoms with Crippen LogP contribution in [0, 0.1) is 13.8 Å². The Balaban J connectivity index is 1.45. The maximum absolute atomic E-state index is 7.30. The maximum atomic E-state index is 7.30. The minimum Gasteiger partial charge on any atom is -0.474 e. The number of fused-ring (bicyclic) bond motifs is 6. The van der Waals surface area contributed by atoms with Crippen LogP contribution in [0.2, 0.25) is 0 Å². The predicted molar refractivity (Wildman–Crippen MR) is 181 cm³/mol. The number of nitrogens with zero attached hydrogens (tertiary/aromatic N) is 2. The highest BCUT2D eigenvalue weighted by Crippen LogP contribution is 2.52. The molecule has 4 heterocycles. The third kappa shape index (κ3) is 3.70. The lowest BCUT2D eigenvalue weighted by atomic mass is 9.83. The van der Waals surface area contributed by atoms with E-state index in [1.165, 1.54) is 27.4 Å². The zero-order valence-corrected chi connectivity index (χ0v) is 25.5. The van der Waals surface area contributed by atoms with E-state index in [2.05, 4.69) is 146 Å². The van der Waals surface area contributed by atoms with Crippen molar-refractivity contribution in [1.82, 2.24) is 9.13 Å². The minimum atomic E-state index is -0.786. The van der Waals surface area contributed by atoms with Crippen molar-refractivity contribution in [1.29, 1.82) is 0 Å². The first kappa shape index (κ1) is 26.4. The molecular formula is C40H34N2O2. The summed E-state index contributed by atoms with van der Waals surface area (Å²) >= 11 is 0. The smallest absolute Gasteiger partial charge is 0.174 e. The predicted octanol–water partition coefficient (Wildman–Crippen LogP) is 10.2. The van der Waals surface area contributed by atoms with Gasteiger partial charge in [0.2, 0.25) is 0 Å². The van der Waals surface area contributed by atoms with Crippen molar-refractivity contribution < 1.29 is 9.47 Å². The third-order valence-corrected chi connectivity index (χ3v) is 9.47. The molecule has 0 bridgehead atoms. The number of hydrogen-bond donors (Lipinski definition) is 0. The van der Waals surface area contributed by atoms with Gasteiger partial charge in [-0.15, -0.1) is 0 Å². The van der Waals surface area contributed by atoms with Crippen molar-refractivity contribution in [3.05, 3.63) is 148 Å². The summed E-state index contributed by atoms with van der Waals surface area (Å²) in [5.74, 6) is 2.49. The molecule has 44 heavy (non-hydrogen) atoms. The Labute approximate surface area is 257 Å². The molecule has 1 atom stereocenters. The van der Waals surface area contributed by atoms with Gasteiger partial charge in [-0.2, -0.15) is 0 Å². The van der Waals surface area contributed by atoms with Crippen LogP contribution < -0.4 is 0 Å². The molecule has 4 nitrogen and oxygen atoms in total. The van der Waals surface area contributed by atoms with E-state index in [1.54, 1.807) is 0 Å². The Bertz CT molecular complexity index is 2180. The Morgan fingerprint density at radius 2 is 1.16 bits per heavy atom. The van der Waals surface area contributed by atoms with Gasteiger partial charge in [0.25, 0.3) is 0 Å². The molecule has 4 aromatic carbocycles. The fourth-order valence-corrected chi connectivity index (χ4v) is 7.25. The number of ether oxygens (including phenoxy) is 2. The molecule has 0 aliphatic carbocycles. The molecule has 0 amide bonds.